The molecule has 1 fully saturated rings. The van der Waals surface area contributed by atoms with Gasteiger partial charge in [-0.15, -0.1) is 0 Å². The highest BCUT2D eigenvalue weighted by Crippen LogP contribution is 2.21. The van der Waals surface area contributed by atoms with Gasteiger partial charge in [-0.2, -0.15) is 0 Å². The summed E-state index contributed by atoms with van der Waals surface area (Å²) >= 11 is 0. The van der Waals surface area contributed by atoms with Crippen LogP contribution in [0.5, 0.6) is 0 Å². The van der Waals surface area contributed by atoms with Crippen molar-refractivity contribution in [2.75, 3.05) is 13.1 Å². The Balaban J connectivity index is 1.77. The molecule has 0 saturated carbocycles. The lowest BCUT2D eigenvalue weighted by Gasteiger charge is -2.22. The Morgan fingerprint density at radius 3 is 3.11 bits per heavy atom. The van der Waals surface area contributed by atoms with E-state index >= 15 is 0 Å². The van der Waals surface area contributed by atoms with Gasteiger partial charge in [-0.1, -0.05) is 6.07 Å². The zero-order chi connectivity index (χ0) is 13.2. The van der Waals surface area contributed by atoms with Crippen molar-refractivity contribution in [1.29, 1.82) is 0 Å². The lowest BCUT2D eigenvalue weighted by molar-refractivity contribution is 0.355. The van der Waals surface area contributed by atoms with Crippen LogP contribution < -0.4 is 5.32 Å². The van der Waals surface area contributed by atoms with Gasteiger partial charge in [-0.05, 0) is 50.4 Å². The van der Waals surface area contributed by atoms with Gasteiger partial charge in [0.25, 0.3) is 0 Å². The third-order valence-electron chi connectivity index (χ3n) is 4.13. The molecule has 1 aliphatic heterocycles. The summed E-state index contributed by atoms with van der Waals surface area (Å²) in [5.74, 6) is 1.50. The Kier molecular flexibility index (Phi) is 3.51. The number of benzene rings is 1. The Hall–Kier alpha value is -1.42. The Labute approximate surface area is 112 Å². The monoisotopic (exact) mass is 261 g/mol. The van der Waals surface area contributed by atoms with Gasteiger partial charge in [0.05, 0.1) is 5.52 Å². The molecular formula is C15H20FN3. The number of fused-ring (bicyclic) bond motifs is 1. The van der Waals surface area contributed by atoms with Crippen molar-refractivity contribution in [3.05, 3.63) is 29.8 Å². The Morgan fingerprint density at radius 1 is 1.47 bits per heavy atom. The molecule has 1 aromatic heterocycles. The molecule has 1 aromatic carbocycles. The first kappa shape index (κ1) is 12.6. The molecule has 1 saturated heterocycles. The van der Waals surface area contributed by atoms with Crippen LogP contribution in [0.2, 0.25) is 0 Å². The average Bonchev–Trinajstić information content (AvgIpc) is 2.77. The molecule has 19 heavy (non-hydrogen) atoms. The fourth-order valence-corrected chi connectivity index (χ4v) is 2.96. The van der Waals surface area contributed by atoms with Gasteiger partial charge in [0.1, 0.15) is 11.3 Å². The quantitative estimate of drug-likeness (QED) is 0.920. The molecule has 102 valence electrons. The van der Waals surface area contributed by atoms with E-state index in [9.17, 15) is 4.39 Å². The third-order valence-corrected chi connectivity index (χ3v) is 4.13. The summed E-state index contributed by atoms with van der Waals surface area (Å²) in [5.41, 5.74) is 1.39. The number of rotatable bonds is 3. The maximum Gasteiger partial charge on any atom is 0.151 e. The molecule has 1 atom stereocenters. The van der Waals surface area contributed by atoms with Crippen LogP contribution in [0.25, 0.3) is 11.0 Å². The minimum Gasteiger partial charge on any atom is -0.331 e. The molecule has 4 heteroatoms. The second-order valence-electron chi connectivity index (χ2n) is 5.45. The molecule has 0 bridgehead atoms. The summed E-state index contributed by atoms with van der Waals surface area (Å²) in [6, 6.07) is 5.15. The first-order valence-corrected chi connectivity index (χ1v) is 7.06. The Morgan fingerprint density at radius 2 is 2.37 bits per heavy atom. The second kappa shape index (κ2) is 5.29. The summed E-state index contributed by atoms with van der Waals surface area (Å²) < 4.78 is 15.7. The van der Waals surface area contributed by atoms with Gasteiger partial charge < -0.3 is 9.88 Å². The predicted molar refractivity (Wildman–Crippen MR) is 74.6 cm³/mol. The lowest BCUT2D eigenvalue weighted by Crippen LogP contribution is -2.30. The molecule has 0 aliphatic carbocycles. The fourth-order valence-electron chi connectivity index (χ4n) is 2.96. The van der Waals surface area contributed by atoms with Crippen molar-refractivity contribution < 1.29 is 4.39 Å². The van der Waals surface area contributed by atoms with E-state index in [4.69, 9.17) is 0 Å². The van der Waals surface area contributed by atoms with Crippen LogP contribution in [-0.4, -0.2) is 22.6 Å². The molecule has 1 unspecified atom stereocenters. The molecule has 0 amide bonds. The van der Waals surface area contributed by atoms with Crippen LogP contribution >= 0.6 is 0 Å². The molecule has 3 rings (SSSR count). The molecule has 1 aliphatic rings. The summed E-state index contributed by atoms with van der Waals surface area (Å²) in [7, 11) is 1.98. The minimum absolute atomic E-state index is 0.223. The number of halogens is 1. The van der Waals surface area contributed by atoms with E-state index in [0.717, 1.165) is 43.2 Å². The highest BCUT2D eigenvalue weighted by atomic mass is 19.1. The number of para-hydroxylation sites is 1. The first-order valence-electron chi connectivity index (χ1n) is 7.06. The van der Waals surface area contributed by atoms with Gasteiger partial charge in [-0.25, -0.2) is 9.37 Å². The summed E-state index contributed by atoms with van der Waals surface area (Å²) in [6.07, 6.45) is 4.62. The number of hydrogen-bond donors (Lipinski definition) is 1. The predicted octanol–water partition coefficient (Wildman–Crippen LogP) is 2.64. The normalized spacial score (nSPS) is 20.0. The molecule has 0 spiro atoms. The number of nitrogens with one attached hydrogen (secondary N) is 1. The molecule has 2 aromatic rings. The number of aromatic nitrogens is 2. The third kappa shape index (κ3) is 2.50. The first-order chi connectivity index (χ1) is 9.25. The van der Waals surface area contributed by atoms with Gasteiger partial charge in [0.2, 0.25) is 0 Å². The largest absolute Gasteiger partial charge is 0.331 e. The molecular weight excluding hydrogens is 241 g/mol. The van der Waals surface area contributed by atoms with E-state index in [0.29, 0.717) is 5.52 Å². The van der Waals surface area contributed by atoms with Crippen LogP contribution in [0.3, 0.4) is 0 Å². The maximum atomic E-state index is 13.7. The van der Waals surface area contributed by atoms with Crippen LogP contribution in [0.4, 0.5) is 4.39 Å². The van der Waals surface area contributed by atoms with Crippen molar-refractivity contribution in [3.8, 4) is 0 Å². The van der Waals surface area contributed by atoms with Gasteiger partial charge in [-0.3, -0.25) is 0 Å². The van der Waals surface area contributed by atoms with Crippen LogP contribution in [0.1, 0.15) is 25.1 Å². The van der Waals surface area contributed by atoms with E-state index in [2.05, 4.69) is 10.3 Å². The number of aryl methyl sites for hydroxylation is 2. The molecule has 2 heterocycles. The van der Waals surface area contributed by atoms with E-state index in [-0.39, 0.29) is 5.82 Å². The summed E-state index contributed by atoms with van der Waals surface area (Å²) in [6.45, 7) is 2.26. The van der Waals surface area contributed by atoms with Crippen molar-refractivity contribution in [2.45, 2.75) is 25.7 Å². The number of piperidine rings is 1. The number of nitrogens with zero attached hydrogens (tertiary/aromatic N) is 2. The van der Waals surface area contributed by atoms with E-state index in [1.807, 2.05) is 17.7 Å². The van der Waals surface area contributed by atoms with Crippen molar-refractivity contribution in [3.63, 3.8) is 0 Å². The van der Waals surface area contributed by atoms with Gasteiger partial charge >= 0.3 is 0 Å². The lowest BCUT2D eigenvalue weighted by atomic mass is 9.94. The number of imidazole rings is 1. The topological polar surface area (TPSA) is 29.9 Å². The van der Waals surface area contributed by atoms with Gasteiger partial charge in [0, 0.05) is 13.5 Å². The standard InChI is InChI=1S/C15H20FN3/c1-19-13-6-2-5-12(16)15(13)18-14(19)8-7-11-4-3-9-17-10-11/h2,5-6,11,17H,3-4,7-10H2,1H3. The van der Waals surface area contributed by atoms with E-state index < -0.39 is 0 Å². The second-order valence-corrected chi connectivity index (χ2v) is 5.45. The highest BCUT2D eigenvalue weighted by Gasteiger charge is 2.15. The SMILES string of the molecule is Cn1c(CCC2CCCNC2)nc2c(F)cccc21. The minimum atomic E-state index is -0.223. The van der Waals surface area contributed by atoms with E-state index in [1.54, 1.807) is 6.07 Å². The zero-order valence-corrected chi connectivity index (χ0v) is 11.3. The van der Waals surface area contributed by atoms with Crippen molar-refractivity contribution in [1.82, 2.24) is 14.9 Å². The Bertz CT molecular complexity index is 570. The molecule has 0 radical (unpaired) electrons. The zero-order valence-electron chi connectivity index (χ0n) is 11.3. The van der Waals surface area contributed by atoms with Gasteiger partial charge in [0.15, 0.2) is 5.82 Å². The van der Waals surface area contributed by atoms with Crippen LogP contribution in [0.15, 0.2) is 18.2 Å². The van der Waals surface area contributed by atoms with Crippen molar-refractivity contribution >= 4 is 11.0 Å². The molecule has 1 N–H and O–H groups in total. The fraction of sp³-hybridized carbons (Fsp3) is 0.533. The van der Waals surface area contributed by atoms with E-state index in [1.165, 1.54) is 18.9 Å². The summed E-state index contributed by atoms with van der Waals surface area (Å²) in [5, 5.41) is 3.43. The molecule has 3 nitrogen and oxygen atoms in total. The maximum absolute atomic E-state index is 13.7. The highest BCUT2D eigenvalue weighted by molar-refractivity contribution is 5.76. The average molecular weight is 261 g/mol. The number of hydrogen-bond acceptors (Lipinski definition) is 2. The smallest absolute Gasteiger partial charge is 0.151 e. The summed E-state index contributed by atoms with van der Waals surface area (Å²) in [4.78, 5) is 4.46. The van der Waals surface area contributed by atoms with Crippen molar-refractivity contribution in [2.24, 2.45) is 13.0 Å². The van der Waals surface area contributed by atoms with Crippen LogP contribution in [0, 0.1) is 11.7 Å². The van der Waals surface area contributed by atoms with Crippen LogP contribution in [-0.2, 0) is 13.5 Å².